The van der Waals surface area contributed by atoms with Crippen molar-refractivity contribution in [2.24, 2.45) is 0 Å². The lowest BCUT2D eigenvalue weighted by Gasteiger charge is -2.33. The summed E-state index contributed by atoms with van der Waals surface area (Å²) in [6, 6.07) is 3.18. The van der Waals surface area contributed by atoms with Crippen LogP contribution in [-0.4, -0.2) is 46.9 Å². The molecule has 2 amide bonds. The van der Waals surface area contributed by atoms with Crippen molar-refractivity contribution in [2.75, 3.05) is 20.1 Å². The van der Waals surface area contributed by atoms with Crippen LogP contribution in [0.3, 0.4) is 0 Å². The third-order valence-electron chi connectivity index (χ3n) is 5.54. The number of aliphatic hydroxyl groups excluding tert-OH is 1. The van der Waals surface area contributed by atoms with Crippen molar-refractivity contribution in [3.63, 3.8) is 0 Å². The van der Waals surface area contributed by atoms with Gasteiger partial charge in [0, 0.05) is 49.6 Å². The fourth-order valence-corrected chi connectivity index (χ4v) is 3.84. The number of benzene rings is 1. The molecule has 2 heterocycles. The van der Waals surface area contributed by atoms with Crippen LogP contribution in [0.4, 0.5) is 8.78 Å². The van der Waals surface area contributed by atoms with Crippen molar-refractivity contribution >= 4 is 11.8 Å². The molecule has 1 fully saturated rings. The average Bonchev–Trinajstić information content (AvgIpc) is 3.28. The normalized spacial score (nSPS) is 16.5. The van der Waals surface area contributed by atoms with Crippen molar-refractivity contribution in [2.45, 2.75) is 53.5 Å². The average molecular weight is 462 g/mol. The summed E-state index contributed by atoms with van der Waals surface area (Å²) in [4.78, 5) is 29.3. The standard InChI is InChI=1S/C23H27F2N3O3.C2H6/c1-4-7-16-19(22(30)26-13-14-9-10-15(24)12-17(14)25)18-8-6-11-28(18)20(21(16)29)23(31)27(3)5-2;1-2/h7,9-10,12,29H,4-6,8,11,13H2,1-3H3,(H,26,30);1-2H3/b16-7+;. The van der Waals surface area contributed by atoms with Crippen LogP contribution in [-0.2, 0) is 16.1 Å². The molecular formula is C25H33F2N3O3. The third kappa shape index (κ3) is 5.43. The zero-order valence-corrected chi connectivity index (χ0v) is 20.0. The Bertz CT molecular complexity index is 999. The number of hydrogen-bond donors (Lipinski definition) is 2. The van der Waals surface area contributed by atoms with E-state index >= 15 is 0 Å². The Balaban J connectivity index is 0.00000187. The summed E-state index contributed by atoms with van der Waals surface area (Å²) >= 11 is 0. The lowest BCUT2D eigenvalue weighted by molar-refractivity contribution is -0.127. The minimum atomic E-state index is -0.744. The highest BCUT2D eigenvalue weighted by atomic mass is 19.1. The first kappa shape index (κ1) is 26.1. The molecule has 0 aromatic heterocycles. The highest BCUT2D eigenvalue weighted by molar-refractivity contribution is 6.03. The van der Waals surface area contributed by atoms with Crippen molar-refractivity contribution in [1.29, 1.82) is 0 Å². The van der Waals surface area contributed by atoms with Gasteiger partial charge in [0.1, 0.15) is 17.3 Å². The van der Waals surface area contributed by atoms with Gasteiger partial charge < -0.3 is 20.2 Å². The maximum Gasteiger partial charge on any atom is 0.274 e. The second-order valence-electron chi connectivity index (χ2n) is 7.54. The zero-order chi connectivity index (χ0) is 24.7. The van der Waals surface area contributed by atoms with Crippen molar-refractivity contribution in [3.8, 4) is 0 Å². The van der Waals surface area contributed by atoms with Gasteiger partial charge in [-0.2, -0.15) is 0 Å². The molecule has 180 valence electrons. The first-order valence-corrected chi connectivity index (χ1v) is 11.4. The summed E-state index contributed by atoms with van der Waals surface area (Å²) in [5.74, 6) is -2.45. The fourth-order valence-electron chi connectivity index (χ4n) is 3.84. The Morgan fingerprint density at radius 2 is 1.94 bits per heavy atom. The predicted molar refractivity (Wildman–Crippen MR) is 124 cm³/mol. The molecule has 2 aliphatic heterocycles. The van der Waals surface area contributed by atoms with Gasteiger partial charge in [0.05, 0.1) is 5.57 Å². The van der Waals surface area contributed by atoms with Gasteiger partial charge in [-0.25, -0.2) is 8.78 Å². The molecule has 2 N–H and O–H groups in total. The van der Waals surface area contributed by atoms with Gasteiger partial charge in [-0.3, -0.25) is 9.59 Å². The lowest BCUT2D eigenvalue weighted by Crippen LogP contribution is -2.40. The van der Waals surface area contributed by atoms with E-state index in [9.17, 15) is 23.5 Å². The van der Waals surface area contributed by atoms with E-state index in [1.165, 1.54) is 11.0 Å². The largest absolute Gasteiger partial charge is 0.505 e. The number of carbonyl (C=O) groups is 2. The SMILES string of the molecule is CC.CC/C=C1/C(O)=C(C(=O)N(C)CC)N2CCCC2=C1C(=O)NCc1ccc(F)cc1F. The first-order valence-electron chi connectivity index (χ1n) is 11.4. The van der Waals surface area contributed by atoms with E-state index in [1.54, 1.807) is 18.0 Å². The number of halogens is 2. The van der Waals surface area contributed by atoms with Crippen LogP contribution >= 0.6 is 0 Å². The molecular weight excluding hydrogens is 428 g/mol. The number of amides is 2. The molecule has 0 aliphatic carbocycles. The zero-order valence-electron chi connectivity index (χ0n) is 20.0. The maximum absolute atomic E-state index is 14.0. The van der Waals surface area contributed by atoms with Gasteiger partial charge in [-0.1, -0.05) is 32.9 Å². The Kier molecular flexibility index (Phi) is 9.20. The number of rotatable bonds is 6. The van der Waals surface area contributed by atoms with E-state index in [1.807, 2.05) is 27.7 Å². The number of allylic oxidation sites excluding steroid dienone is 3. The summed E-state index contributed by atoms with van der Waals surface area (Å²) in [5, 5.41) is 13.7. The van der Waals surface area contributed by atoms with E-state index in [2.05, 4.69) is 5.32 Å². The van der Waals surface area contributed by atoms with Crippen LogP contribution in [0.1, 0.15) is 52.5 Å². The monoisotopic (exact) mass is 461 g/mol. The Morgan fingerprint density at radius 3 is 2.55 bits per heavy atom. The lowest BCUT2D eigenvalue weighted by atomic mass is 9.93. The first-order chi connectivity index (χ1) is 15.8. The van der Waals surface area contributed by atoms with Crippen molar-refractivity contribution in [3.05, 3.63) is 69.8 Å². The van der Waals surface area contributed by atoms with Crippen LogP contribution < -0.4 is 5.32 Å². The Hall–Kier alpha value is -3.16. The fraction of sp³-hybridized carbons (Fsp3) is 0.440. The van der Waals surface area contributed by atoms with Gasteiger partial charge in [-0.05, 0) is 32.3 Å². The number of aliphatic hydroxyl groups is 1. The van der Waals surface area contributed by atoms with Gasteiger partial charge in [0.15, 0.2) is 5.76 Å². The van der Waals surface area contributed by atoms with E-state index in [0.717, 1.165) is 18.6 Å². The highest BCUT2D eigenvalue weighted by Crippen LogP contribution is 2.40. The molecule has 0 atom stereocenters. The number of likely N-dealkylation sites (N-methyl/N-ethyl adjacent to an activating group) is 1. The second-order valence-corrected chi connectivity index (χ2v) is 7.54. The Morgan fingerprint density at radius 1 is 1.24 bits per heavy atom. The minimum absolute atomic E-state index is 0.129. The summed E-state index contributed by atoms with van der Waals surface area (Å²) < 4.78 is 27.1. The number of hydrogen-bond acceptors (Lipinski definition) is 4. The molecule has 0 bridgehead atoms. The molecule has 0 saturated carbocycles. The molecule has 2 aliphatic rings. The molecule has 0 spiro atoms. The molecule has 6 nitrogen and oxygen atoms in total. The third-order valence-corrected chi connectivity index (χ3v) is 5.54. The van der Waals surface area contributed by atoms with Crippen LogP contribution in [0.2, 0.25) is 0 Å². The number of carbonyl (C=O) groups excluding carboxylic acids is 2. The summed E-state index contributed by atoms with van der Waals surface area (Å²) in [6.07, 6.45) is 3.57. The summed E-state index contributed by atoms with van der Waals surface area (Å²) in [6.45, 7) is 8.58. The van der Waals surface area contributed by atoms with Gasteiger partial charge >= 0.3 is 0 Å². The number of fused-ring (bicyclic) bond motifs is 1. The molecule has 0 unspecified atom stereocenters. The predicted octanol–water partition coefficient (Wildman–Crippen LogP) is 4.56. The van der Waals surface area contributed by atoms with E-state index in [0.29, 0.717) is 37.2 Å². The summed E-state index contributed by atoms with van der Waals surface area (Å²) in [5.41, 5.74) is 1.59. The van der Waals surface area contributed by atoms with Crippen molar-refractivity contribution in [1.82, 2.24) is 15.1 Å². The van der Waals surface area contributed by atoms with Crippen LogP contribution in [0.5, 0.6) is 0 Å². The second kappa shape index (κ2) is 11.6. The van der Waals surface area contributed by atoms with E-state index < -0.39 is 17.5 Å². The molecule has 3 rings (SSSR count). The number of nitrogens with zero attached hydrogens (tertiary/aromatic N) is 2. The smallest absolute Gasteiger partial charge is 0.274 e. The molecule has 8 heteroatoms. The number of nitrogens with one attached hydrogen (secondary N) is 1. The summed E-state index contributed by atoms with van der Waals surface area (Å²) in [7, 11) is 1.66. The van der Waals surface area contributed by atoms with E-state index in [4.69, 9.17) is 0 Å². The Labute approximate surface area is 194 Å². The quantitative estimate of drug-likeness (QED) is 0.652. The van der Waals surface area contributed by atoms with Gasteiger partial charge in [-0.15, -0.1) is 0 Å². The van der Waals surface area contributed by atoms with Crippen LogP contribution in [0.15, 0.2) is 52.6 Å². The topological polar surface area (TPSA) is 72.9 Å². The van der Waals surface area contributed by atoms with E-state index in [-0.39, 0.29) is 35.0 Å². The molecule has 1 aromatic carbocycles. The van der Waals surface area contributed by atoms with Gasteiger partial charge in [0.25, 0.3) is 11.8 Å². The van der Waals surface area contributed by atoms with Crippen LogP contribution in [0, 0.1) is 11.6 Å². The van der Waals surface area contributed by atoms with Gasteiger partial charge in [0.2, 0.25) is 0 Å². The molecule has 1 saturated heterocycles. The molecule has 1 aromatic rings. The van der Waals surface area contributed by atoms with Crippen LogP contribution in [0.25, 0.3) is 0 Å². The van der Waals surface area contributed by atoms with Crippen molar-refractivity contribution < 1.29 is 23.5 Å². The molecule has 33 heavy (non-hydrogen) atoms. The molecule has 0 radical (unpaired) electrons. The minimum Gasteiger partial charge on any atom is -0.505 e. The maximum atomic E-state index is 14.0. The highest BCUT2D eigenvalue weighted by Gasteiger charge is 2.39.